The van der Waals surface area contributed by atoms with Crippen molar-refractivity contribution in [2.24, 2.45) is 18.9 Å². The maximum absolute atomic E-state index is 12.2. The number of carbonyl (C=O) groups is 1. The van der Waals surface area contributed by atoms with E-state index in [9.17, 15) is 4.79 Å². The number of rotatable bonds is 4. The van der Waals surface area contributed by atoms with Gasteiger partial charge in [-0.05, 0) is 29.7 Å². The van der Waals surface area contributed by atoms with Crippen molar-refractivity contribution >= 4 is 5.91 Å². The molecule has 0 N–H and O–H groups in total. The molecule has 0 aliphatic carbocycles. The van der Waals surface area contributed by atoms with E-state index in [1.54, 1.807) is 14.0 Å². The van der Waals surface area contributed by atoms with Gasteiger partial charge in [0.05, 0.1) is 18.8 Å². The highest BCUT2D eigenvalue weighted by Crippen LogP contribution is 2.45. The number of nitrogens with zero attached hydrogens (tertiary/aromatic N) is 4. The maximum atomic E-state index is 12.2. The van der Waals surface area contributed by atoms with Crippen LogP contribution in [0, 0.1) is 11.8 Å². The molecule has 0 bridgehead atoms. The zero-order valence-corrected chi connectivity index (χ0v) is 15.6. The second-order valence-corrected chi connectivity index (χ2v) is 7.49. The largest absolute Gasteiger partial charge is 0.497 e. The third kappa shape index (κ3) is 3.09. The fourth-order valence-corrected chi connectivity index (χ4v) is 4.60. The summed E-state index contributed by atoms with van der Waals surface area (Å²) in [5.41, 5.74) is 2.31. The van der Waals surface area contributed by atoms with Crippen LogP contribution in [-0.2, 0) is 18.4 Å². The second-order valence-electron chi connectivity index (χ2n) is 7.49. The van der Waals surface area contributed by atoms with E-state index in [4.69, 9.17) is 4.74 Å². The second kappa shape index (κ2) is 6.76. The lowest BCUT2D eigenvalue weighted by Crippen LogP contribution is -2.34. The van der Waals surface area contributed by atoms with Crippen LogP contribution in [0.25, 0.3) is 0 Å². The van der Waals surface area contributed by atoms with Crippen molar-refractivity contribution in [2.45, 2.75) is 19.5 Å². The molecule has 0 radical (unpaired) electrons. The van der Waals surface area contributed by atoms with Crippen LogP contribution in [0.3, 0.4) is 0 Å². The summed E-state index contributed by atoms with van der Waals surface area (Å²) in [5, 5.41) is 4.50. The van der Waals surface area contributed by atoms with E-state index < -0.39 is 0 Å². The van der Waals surface area contributed by atoms with Gasteiger partial charge in [-0.3, -0.25) is 14.4 Å². The standard InChI is InChI=1S/C20H26N4O2/c1-14(25)24-11-16-10-23(12-17-8-9-22(2)21-17)13-19(16)20(24)15-4-6-18(26-3)7-5-15/h4-9,16,19-20H,10-13H2,1-3H3/t16-,19-,20+/m1/s1. The Labute approximate surface area is 154 Å². The highest BCUT2D eigenvalue weighted by molar-refractivity contribution is 5.74. The number of amides is 1. The third-order valence-electron chi connectivity index (χ3n) is 5.76. The number of methoxy groups -OCH3 is 1. The number of ether oxygens (including phenoxy) is 1. The molecule has 26 heavy (non-hydrogen) atoms. The Morgan fingerprint density at radius 2 is 1.96 bits per heavy atom. The van der Waals surface area contributed by atoms with Crippen LogP contribution >= 0.6 is 0 Å². The molecule has 2 saturated heterocycles. The van der Waals surface area contributed by atoms with Gasteiger partial charge in [0.25, 0.3) is 0 Å². The number of likely N-dealkylation sites (tertiary alicyclic amines) is 2. The number of aromatic nitrogens is 2. The average Bonchev–Trinajstić information content (AvgIpc) is 3.29. The summed E-state index contributed by atoms with van der Waals surface area (Å²) in [4.78, 5) is 16.8. The molecule has 2 aliphatic heterocycles. The first-order valence-corrected chi connectivity index (χ1v) is 9.17. The van der Waals surface area contributed by atoms with Gasteiger partial charge in [0, 0.05) is 52.3 Å². The Bertz CT molecular complexity index is 785. The third-order valence-corrected chi connectivity index (χ3v) is 5.76. The molecule has 0 saturated carbocycles. The van der Waals surface area contributed by atoms with Crippen molar-refractivity contribution in [2.75, 3.05) is 26.7 Å². The molecule has 2 aromatic rings. The van der Waals surface area contributed by atoms with Crippen LogP contribution in [0.5, 0.6) is 5.75 Å². The number of hydrogen-bond donors (Lipinski definition) is 0. The van der Waals surface area contributed by atoms with Gasteiger partial charge in [-0.15, -0.1) is 0 Å². The lowest BCUT2D eigenvalue weighted by atomic mass is 9.89. The highest BCUT2D eigenvalue weighted by Gasteiger charge is 2.48. The molecule has 138 valence electrons. The summed E-state index contributed by atoms with van der Waals surface area (Å²) in [6.07, 6.45) is 1.99. The zero-order valence-electron chi connectivity index (χ0n) is 15.6. The minimum atomic E-state index is 0.150. The molecule has 1 aromatic heterocycles. The van der Waals surface area contributed by atoms with Gasteiger partial charge in [-0.1, -0.05) is 12.1 Å². The first-order valence-electron chi connectivity index (χ1n) is 9.17. The fraction of sp³-hybridized carbons (Fsp3) is 0.500. The van der Waals surface area contributed by atoms with Crippen LogP contribution in [0.1, 0.15) is 24.2 Å². The Hall–Kier alpha value is -2.34. The molecule has 1 amide bonds. The highest BCUT2D eigenvalue weighted by atomic mass is 16.5. The monoisotopic (exact) mass is 354 g/mol. The minimum absolute atomic E-state index is 0.150. The molecule has 0 unspecified atom stereocenters. The number of aryl methyl sites for hydroxylation is 1. The van der Waals surface area contributed by atoms with Gasteiger partial charge in [0.15, 0.2) is 0 Å². The normalized spacial score (nSPS) is 25.5. The number of hydrogen-bond acceptors (Lipinski definition) is 4. The van der Waals surface area contributed by atoms with Crippen molar-refractivity contribution in [3.05, 3.63) is 47.8 Å². The van der Waals surface area contributed by atoms with Crippen molar-refractivity contribution in [1.82, 2.24) is 19.6 Å². The van der Waals surface area contributed by atoms with E-state index >= 15 is 0 Å². The molecule has 3 heterocycles. The Kier molecular flexibility index (Phi) is 4.44. The van der Waals surface area contributed by atoms with Crippen LogP contribution in [0.15, 0.2) is 36.5 Å². The van der Waals surface area contributed by atoms with Crippen LogP contribution in [0.4, 0.5) is 0 Å². The number of carbonyl (C=O) groups excluding carboxylic acids is 1. The van der Waals surface area contributed by atoms with Crippen LogP contribution in [0.2, 0.25) is 0 Å². The summed E-state index contributed by atoms with van der Waals surface area (Å²) in [6, 6.07) is 10.4. The molecule has 2 aliphatic rings. The SMILES string of the molecule is COc1ccc([C@H]2[C@@H]3CN(Cc4ccn(C)n4)C[C@@H]3CN2C(C)=O)cc1. The number of benzene rings is 1. The van der Waals surface area contributed by atoms with Crippen molar-refractivity contribution in [3.8, 4) is 5.75 Å². The topological polar surface area (TPSA) is 50.6 Å². The van der Waals surface area contributed by atoms with Crippen molar-refractivity contribution in [1.29, 1.82) is 0 Å². The summed E-state index contributed by atoms with van der Waals surface area (Å²) >= 11 is 0. The first kappa shape index (κ1) is 17.1. The van der Waals surface area contributed by atoms with E-state index in [0.717, 1.165) is 37.6 Å². The Balaban J connectivity index is 1.54. The van der Waals surface area contributed by atoms with Gasteiger partial charge >= 0.3 is 0 Å². The van der Waals surface area contributed by atoms with Gasteiger partial charge in [0.1, 0.15) is 5.75 Å². The quantitative estimate of drug-likeness (QED) is 0.844. The summed E-state index contributed by atoms with van der Waals surface area (Å²) in [5.74, 6) is 2.00. The predicted octanol–water partition coefficient (Wildman–Crippen LogP) is 2.08. The molecule has 1 aromatic carbocycles. The predicted molar refractivity (Wildman–Crippen MR) is 98.6 cm³/mol. The Morgan fingerprint density at radius 3 is 2.58 bits per heavy atom. The van der Waals surface area contributed by atoms with E-state index in [1.807, 2.05) is 30.1 Å². The molecule has 4 rings (SSSR count). The summed E-state index contributed by atoms with van der Waals surface area (Å²) in [6.45, 7) is 5.43. The number of fused-ring (bicyclic) bond motifs is 1. The van der Waals surface area contributed by atoms with Crippen molar-refractivity contribution in [3.63, 3.8) is 0 Å². The van der Waals surface area contributed by atoms with E-state index in [2.05, 4.69) is 33.1 Å². The first-order chi connectivity index (χ1) is 12.5. The Morgan fingerprint density at radius 1 is 1.19 bits per heavy atom. The zero-order chi connectivity index (χ0) is 18.3. The summed E-state index contributed by atoms with van der Waals surface area (Å²) in [7, 11) is 3.63. The maximum Gasteiger partial charge on any atom is 0.219 e. The smallest absolute Gasteiger partial charge is 0.219 e. The van der Waals surface area contributed by atoms with E-state index in [0.29, 0.717) is 11.8 Å². The van der Waals surface area contributed by atoms with E-state index in [-0.39, 0.29) is 11.9 Å². The molecular weight excluding hydrogens is 328 g/mol. The van der Waals surface area contributed by atoms with Crippen LogP contribution in [-0.4, -0.2) is 52.2 Å². The average molecular weight is 354 g/mol. The molecular formula is C20H26N4O2. The molecule has 6 nitrogen and oxygen atoms in total. The molecule has 3 atom stereocenters. The lowest BCUT2D eigenvalue weighted by Gasteiger charge is -2.29. The van der Waals surface area contributed by atoms with Gasteiger partial charge in [-0.25, -0.2) is 0 Å². The summed E-state index contributed by atoms with van der Waals surface area (Å²) < 4.78 is 7.13. The van der Waals surface area contributed by atoms with Gasteiger partial charge < -0.3 is 9.64 Å². The van der Waals surface area contributed by atoms with Crippen molar-refractivity contribution < 1.29 is 9.53 Å². The lowest BCUT2D eigenvalue weighted by molar-refractivity contribution is -0.130. The molecule has 2 fully saturated rings. The van der Waals surface area contributed by atoms with Gasteiger partial charge in [0.2, 0.25) is 5.91 Å². The van der Waals surface area contributed by atoms with Gasteiger partial charge in [-0.2, -0.15) is 5.10 Å². The molecule has 6 heteroatoms. The molecule has 0 spiro atoms. The minimum Gasteiger partial charge on any atom is -0.497 e. The van der Waals surface area contributed by atoms with Crippen LogP contribution < -0.4 is 4.74 Å². The van der Waals surface area contributed by atoms with E-state index in [1.165, 1.54) is 5.56 Å². The fourth-order valence-electron chi connectivity index (χ4n) is 4.60.